The number of hydrogen-bond acceptors (Lipinski definition) is 10. The molecule has 5 N–H and O–H groups in total. The van der Waals surface area contributed by atoms with Crippen LogP contribution in [0.3, 0.4) is 0 Å². The van der Waals surface area contributed by atoms with Crippen LogP contribution < -0.4 is 5.73 Å². The Balaban J connectivity index is 2.07. The molecule has 11 nitrogen and oxygen atoms in total. The number of rotatable bonds is 5. The first-order valence-corrected chi connectivity index (χ1v) is 7.22. The quantitative estimate of drug-likeness (QED) is 0.464. The fourth-order valence-corrected chi connectivity index (χ4v) is 2.64. The van der Waals surface area contributed by atoms with Crippen LogP contribution in [0.2, 0.25) is 0 Å². The SMILES string of the molecule is COC(C)O[C@@]1(O)[C@H](O)[C@@H](CO)O[C@H]1n1cnc2c(N)ncnc21. The fraction of sp³-hybridized carbons (Fsp3) is 0.615. The van der Waals surface area contributed by atoms with Crippen LogP contribution in [0.4, 0.5) is 5.82 Å². The minimum atomic E-state index is -2.20. The maximum atomic E-state index is 10.9. The van der Waals surface area contributed by atoms with Gasteiger partial charge in [0.05, 0.1) is 12.9 Å². The number of nitrogen functional groups attached to an aromatic ring is 1. The molecule has 0 aromatic carbocycles. The van der Waals surface area contributed by atoms with Crippen LogP contribution in [0.5, 0.6) is 0 Å². The summed E-state index contributed by atoms with van der Waals surface area (Å²) in [5.74, 6) is -2.04. The molecular weight excluding hydrogens is 322 g/mol. The molecule has 3 rings (SSSR count). The van der Waals surface area contributed by atoms with E-state index in [1.54, 1.807) is 6.92 Å². The van der Waals surface area contributed by atoms with E-state index >= 15 is 0 Å². The van der Waals surface area contributed by atoms with Crippen molar-refractivity contribution in [2.24, 2.45) is 0 Å². The van der Waals surface area contributed by atoms with Gasteiger partial charge in [0.15, 0.2) is 24.0 Å². The summed E-state index contributed by atoms with van der Waals surface area (Å²) in [6.45, 7) is 1.02. The highest BCUT2D eigenvalue weighted by Gasteiger charge is 2.58. The fourth-order valence-electron chi connectivity index (χ4n) is 2.64. The van der Waals surface area contributed by atoms with Crippen molar-refractivity contribution >= 4 is 17.0 Å². The van der Waals surface area contributed by atoms with Gasteiger partial charge >= 0.3 is 0 Å². The number of methoxy groups -OCH3 is 1. The number of ether oxygens (including phenoxy) is 3. The smallest absolute Gasteiger partial charge is 0.244 e. The molecule has 3 heterocycles. The van der Waals surface area contributed by atoms with Gasteiger partial charge in [-0.3, -0.25) is 4.57 Å². The van der Waals surface area contributed by atoms with Gasteiger partial charge in [0.2, 0.25) is 5.79 Å². The third-order valence-electron chi connectivity index (χ3n) is 3.94. The lowest BCUT2D eigenvalue weighted by atomic mass is 10.1. The summed E-state index contributed by atoms with van der Waals surface area (Å²) in [5, 5.41) is 30.6. The molecule has 0 aliphatic carbocycles. The van der Waals surface area contributed by atoms with Crippen molar-refractivity contribution in [3.63, 3.8) is 0 Å². The highest BCUT2D eigenvalue weighted by atomic mass is 16.8. The zero-order valence-corrected chi connectivity index (χ0v) is 13.1. The number of aliphatic hydroxyl groups excluding tert-OH is 2. The summed E-state index contributed by atoms with van der Waals surface area (Å²) in [5.41, 5.74) is 6.34. The van der Waals surface area contributed by atoms with Gasteiger partial charge < -0.3 is 35.3 Å². The van der Waals surface area contributed by atoms with Crippen molar-refractivity contribution in [3.8, 4) is 0 Å². The van der Waals surface area contributed by atoms with Gasteiger partial charge in [0.25, 0.3) is 0 Å². The molecule has 5 atom stereocenters. The number of imidazole rings is 1. The summed E-state index contributed by atoms with van der Waals surface area (Å²) in [6, 6.07) is 0. The van der Waals surface area contributed by atoms with Gasteiger partial charge in [-0.2, -0.15) is 0 Å². The lowest BCUT2D eigenvalue weighted by Gasteiger charge is -2.33. The Morgan fingerprint density at radius 1 is 1.46 bits per heavy atom. The Kier molecular flexibility index (Phi) is 4.38. The van der Waals surface area contributed by atoms with Crippen LogP contribution in [0.15, 0.2) is 12.7 Å². The zero-order chi connectivity index (χ0) is 17.5. The second kappa shape index (κ2) is 6.20. The summed E-state index contributed by atoms with van der Waals surface area (Å²) in [4.78, 5) is 12.0. The zero-order valence-electron chi connectivity index (χ0n) is 13.1. The van der Waals surface area contributed by atoms with Crippen LogP contribution in [-0.4, -0.2) is 72.8 Å². The molecule has 0 amide bonds. The molecule has 24 heavy (non-hydrogen) atoms. The molecule has 0 radical (unpaired) electrons. The molecule has 1 aliphatic heterocycles. The Labute approximate surface area is 136 Å². The molecule has 0 spiro atoms. The number of nitrogens with zero attached hydrogens (tertiary/aromatic N) is 4. The summed E-state index contributed by atoms with van der Waals surface area (Å²) in [6.07, 6.45) is -2.10. The number of nitrogens with two attached hydrogens (primary N) is 1. The highest BCUT2D eigenvalue weighted by molar-refractivity contribution is 5.81. The van der Waals surface area contributed by atoms with Gasteiger partial charge in [0, 0.05) is 7.11 Å². The van der Waals surface area contributed by atoms with Gasteiger partial charge in [-0.05, 0) is 6.92 Å². The molecule has 1 aliphatic rings. The average molecular weight is 341 g/mol. The van der Waals surface area contributed by atoms with Crippen molar-refractivity contribution < 1.29 is 29.5 Å². The monoisotopic (exact) mass is 341 g/mol. The number of aliphatic hydroxyl groups is 3. The maximum Gasteiger partial charge on any atom is 0.244 e. The highest BCUT2D eigenvalue weighted by Crippen LogP contribution is 2.41. The van der Waals surface area contributed by atoms with E-state index < -0.39 is 37.1 Å². The minimum absolute atomic E-state index is 0.158. The van der Waals surface area contributed by atoms with E-state index in [0.29, 0.717) is 5.52 Å². The molecule has 132 valence electrons. The predicted octanol–water partition coefficient (Wildman–Crippen LogP) is -1.64. The first-order chi connectivity index (χ1) is 11.4. The third-order valence-corrected chi connectivity index (χ3v) is 3.94. The Hall–Kier alpha value is -1.89. The molecule has 1 unspecified atom stereocenters. The number of hydrogen-bond donors (Lipinski definition) is 4. The van der Waals surface area contributed by atoms with Crippen molar-refractivity contribution in [2.45, 2.75) is 37.4 Å². The van der Waals surface area contributed by atoms with E-state index in [0.717, 1.165) is 0 Å². The van der Waals surface area contributed by atoms with Crippen LogP contribution in [0.25, 0.3) is 11.2 Å². The van der Waals surface area contributed by atoms with E-state index in [4.69, 9.17) is 19.9 Å². The predicted molar refractivity (Wildman–Crippen MR) is 79.2 cm³/mol. The van der Waals surface area contributed by atoms with E-state index in [9.17, 15) is 15.3 Å². The molecular formula is C13H19N5O6. The maximum absolute atomic E-state index is 10.9. The van der Waals surface area contributed by atoms with E-state index in [1.807, 2.05) is 0 Å². The van der Waals surface area contributed by atoms with Crippen LogP contribution in [0, 0.1) is 0 Å². The first kappa shape index (κ1) is 17.0. The molecule has 2 aromatic heterocycles. The van der Waals surface area contributed by atoms with Gasteiger partial charge in [-0.15, -0.1) is 0 Å². The molecule has 0 bridgehead atoms. The lowest BCUT2D eigenvalue weighted by molar-refractivity contribution is -0.329. The summed E-state index contributed by atoms with van der Waals surface area (Å²) < 4.78 is 17.3. The Morgan fingerprint density at radius 2 is 2.21 bits per heavy atom. The van der Waals surface area contributed by atoms with Gasteiger partial charge in [0.1, 0.15) is 24.1 Å². The van der Waals surface area contributed by atoms with Crippen molar-refractivity contribution in [2.75, 3.05) is 19.5 Å². The van der Waals surface area contributed by atoms with Gasteiger partial charge in [-0.25, -0.2) is 15.0 Å². The lowest BCUT2D eigenvalue weighted by Crippen LogP contribution is -2.51. The van der Waals surface area contributed by atoms with Crippen LogP contribution in [0.1, 0.15) is 13.2 Å². The third kappa shape index (κ3) is 2.51. The Morgan fingerprint density at radius 3 is 2.88 bits per heavy atom. The van der Waals surface area contributed by atoms with Crippen molar-refractivity contribution in [3.05, 3.63) is 12.7 Å². The second-order valence-corrected chi connectivity index (χ2v) is 5.41. The molecule has 0 saturated carbocycles. The normalized spacial score (nSPS) is 31.6. The molecule has 1 saturated heterocycles. The topological polar surface area (TPSA) is 158 Å². The molecule has 2 aromatic rings. The second-order valence-electron chi connectivity index (χ2n) is 5.41. The van der Waals surface area contributed by atoms with E-state index in [1.165, 1.54) is 24.3 Å². The number of fused-ring (bicyclic) bond motifs is 1. The standard InChI is InChI=1S/C13H19N5O6/c1-6(22-2)24-13(21)9(20)7(3-19)23-12(13)18-5-17-8-10(14)15-4-16-11(8)18/h4-7,9,12,19-21H,3H2,1-2H3,(H2,14,15,16)/t6?,7-,9-,12-,13+/m1/s1. The summed E-state index contributed by atoms with van der Waals surface area (Å²) in [7, 11) is 1.38. The average Bonchev–Trinajstić information content (AvgIpc) is 3.09. The largest absolute Gasteiger partial charge is 0.394 e. The van der Waals surface area contributed by atoms with Crippen molar-refractivity contribution in [1.29, 1.82) is 0 Å². The van der Waals surface area contributed by atoms with Crippen molar-refractivity contribution in [1.82, 2.24) is 19.5 Å². The van der Waals surface area contributed by atoms with E-state index in [2.05, 4.69) is 15.0 Å². The minimum Gasteiger partial charge on any atom is -0.394 e. The van der Waals surface area contributed by atoms with Gasteiger partial charge in [-0.1, -0.05) is 0 Å². The Bertz CT molecular complexity index is 726. The molecule has 1 fully saturated rings. The van der Waals surface area contributed by atoms with Crippen LogP contribution >= 0.6 is 0 Å². The van der Waals surface area contributed by atoms with E-state index in [-0.39, 0.29) is 11.5 Å². The first-order valence-electron chi connectivity index (χ1n) is 7.22. The number of aromatic nitrogens is 4. The van der Waals surface area contributed by atoms with Crippen LogP contribution in [-0.2, 0) is 14.2 Å². The summed E-state index contributed by atoms with van der Waals surface area (Å²) >= 11 is 0. The number of anilines is 1. The molecule has 11 heteroatoms.